The summed E-state index contributed by atoms with van der Waals surface area (Å²) in [6.45, 7) is 3.26. The SMILES string of the molecule is Cc1ccc(NCC(=O)Nc2ccc(C(=O)NCC(=O)NCC(=O)O)cc2)cc1C. The van der Waals surface area contributed by atoms with Gasteiger partial charge < -0.3 is 26.4 Å². The normalized spacial score (nSPS) is 10.1. The van der Waals surface area contributed by atoms with Crippen LogP contribution in [0.2, 0.25) is 0 Å². The zero-order valence-corrected chi connectivity index (χ0v) is 16.7. The number of benzene rings is 2. The number of nitrogens with one attached hydrogen (secondary N) is 4. The third kappa shape index (κ3) is 7.27. The van der Waals surface area contributed by atoms with Crippen LogP contribution in [0, 0.1) is 13.8 Å². The predicted molar refractivity (Wildman–Crippen MR) is 112 cm³/mol. The Morgan fingerprint density at radius 1 is 0.767 bits per heavy atom. The number of hydrogen-bond donors (Lipinski definition) is 5. The monoisotopic (exact) mass is 412 g/mol. The lowest BCUT2D eigenvalue weighted by Gasteiger charge is -2.10. The fourth-order valence-electron chi connectivity index (χ4n) is 2.44. The molecular formula is C21H24N4O5. The van der Waals surface area contributed by atoms with Gasteiger partial charge in [-0.25, -0.2) is 0 Å². The first-order valence-electron chi connectivity index (χ1n) is 9.22. The molecule has 0 aliphatic heterocycles. The van der Waals surface area contributed by atoms with Gasteiger partial charge in [-0.05, 0) is 61.4 Å². The second-order valence-electron chi connectivity index (χ2n) is 6.63. The molecule has 3 amide bonds. The van der Waals surface area contributed by atoms with Gasteiger partial charge in [0.05, 0.1) is 13.1 Å². The second-order valence-corrected chi connectivity index (χ2v) is 6.63. The van der Waals surface area contributed by atoms with Crippen LogP contribution in [0.1, 0.15) is 21.5 Å². The van der Waals surface area contributed by atoms with Gasteiger partial charge in [0.25, 0.3) is 5.91 Å². The minimum absolute atomic E-state index is 0.0934. The van der Waals surface area contributed by atoms with Crippen molar-refractivity contribution in [3.8, 4) is 0 Å². The molecule has 0 unspecified atom stereocenters. The van der Waals surface area contributed by atoms with E-state index in [9.17, 15) is 19.2 Å². The van der Waals surface area contributed by atoms with Crippen LogP contribution in [0.3, 0.4) is 0 Å². The first kappa shape index (κ1) is 22.4. The highest BCUT2D eigenvalue weighted by Gasteiger charge is 2.09. The highest BCUT2D eigenvalue weighted by atomic mass is 16.4. The molecule has 0 spiro atoms. The van der Waals surface area contributed by atoms with Gasteiger partial charge in [0.2, 0.25) is 11.8 Å². The van der Waals surface area contributed by atoms with E-state index < -0.39 is 24.3 Å². The molecule has 2 rings (SSSR count). The third-order valence-corrected chi connectivity index (χ3v) is 4.24. The van der Waals surface area contributed by atoms with E-state index in [1.165, 1.54) is 17.7 Å². The van der Waals surface area contributed by atoms with Crippen molar-refractivity contribution in [2.24, 2.45) is 0 Å². The van der Waals surface area contributed by atoms with Crippen molar-refractivity contribution in [2.45, 2.75) is 13.8 Å². The topological polar surface area (TPSA) is 137 Å². The fraction of sp³-hybridized carbons (Fsp3) is 0.238. The van der Waals surface area contributed by atoms with Gasteiger partial charge in [-0.1, -0.05) is 6.07 Å². The summed E-state index contributed by atoms with van der Waals surface area (Å²) in [5.74, 6) is -2.50. The van der Waals surface area contributed by atoms with E-state index in [1.54, 1.807) is 12.1 Å². The van der Waals surface area contributed by atoms with Crippen LogP contribution in [-0.4, -0.2) is 48.4 Å². The zero-order valence-electron chi connectivity index (χ0n) is 16.7. The van der Waals surface area contributed by atoms with Crippen LogP contribution in [0.25, 0.3) is 0 Å². The van der Waals surface area contributed by atoms with Crippen molar-refractivity contribution < 1.29 is 24.3 Å². The number of carboxylic acid groups (broad SMARTS) is 1. The molecule has 9 nitrogen and oxygen atoms in total. The summed E-state index contributed by atoms with van der Waals surface area (Å²) in [6.07, 6.45) is 0. The lowest BCUT2D eigenvalue weighted by molar-refractivity contribution is -0.137. The minimum atomic E-state index is -1.17. The van der Waals surface area contributed by atoms with Gasteiger partial charge in [-0.3, -0.25) is 19.2 Å². The summed E-state index contributed by atoms with van der Waals surface area (Å²) in [4.78, 5) is 45.9. The molecule has 0 fully saturated rings. The highest BCUT2D eigenvalue weighted by molar-refractivity contribution is 5.98. The molecule has 2 aromatic rings. The van der Waals surface area contributed by atoms with E-state index in [2.05, 4.69) is 21.3 Å². The molecule has 158 valence electrons. The molecule has 0 aliphatic rings. The number of carbonyl (C=O) groups is 4. The van der Waals surface area contributed by atoms with Gasteiger partial charge in [-0.15, -0.1) is 0 Å². The quantitative estimate of drug-likeness (QED) is 0.421. The molecule has 30 heavy (non-hydrogen) atoms. The number of carboxylic acids is 1. The third-order valence-electron chi connectivity index (χ3n) is 4.24. The van der Waals surface area contributed by atoms with Crippen molar-refractivity contribution >= 4 is 35.1 Å². The average Bonchev–Trinajstić information content (AvgIpc) is 2.72. The lowest BCUT2D eigenvalue weighted by atomic mass is 10.1. The number of rotatable bonds is 9. The van der Waals surface area contributed by atoms with Crippen molar-refractivity contribution in [2.75, 3.05) is 30.3 Å². The zero-order chi connectivity index (χ0) is 22.1. The Morgan fingerprint density at radius 3 is 2.07 bits per heavy atom. The number of amides is 3. The molecule has 0 aliphatic carbocycles. The summed E-state index contributed by atoms with van der Waals surface area (Å²) in [5.41, 5.74) is 3.99. The number of aliphatic carboxylic acids is 1. The van der Waals surface area contributed by atoms with E-state index in [0.717, 1.165) is 11.3 Å². The van der Waals surface area contributed by atoms with Crippen molar-refractivity contribution in [3.05, 3.63) is 59.2 Å². The van der Waals surface area contributed by atoms with Crippen LogP contribution in [0.5, 0.6) is 0 Å². The summed E-state index contributed by atoms with van der Waals surface area (Å²) >= 11 is 0. The van der Waals surface area contributed by atoms with Crippen LogP contribution in [0.15, 0.2) is 42.5 Å². The molecule has 0 heterocycles. The molecule has 0 radical (unpaired) electrons. The fourth-order valence-corrected chi connectivity index (χ4v) is 2.44. The molecule has 0 bridgehead atoms. The number of aryl methyl sites for hydroxylation is 2. The predicted octanol–water partition coefficient (Wildman–Crippen LogP) is 1.28. The molecule has 0 aromatic heterocycles. The van der Waals surface area contributed by atoms with E-state index in [1.807, 2.05) is 32.0 Å². The van der Waals surface area contributed by atoms with Crippen LogP contribution in [-0.2, 0) is 14.4 Å². The smallest absolute Gasteiger partial charge is 0.322 e. The van der Waals surface area contributed by atoms with E-state index in [0.29, 0.717) is 11.3 Å². The number of hydrogen-bond acceptors (Lipinski definition) is 5. The van der Waals surface area contributed by atoms with Crippen LogP contribution in [0.4, 0.5) is 11.4 Å². The standard InChI is InChI=1S/C21H24N4O5/c1-13-3-6-17(9-14(13)2)22-11-19(27)25-16-7-4-15(5-8-16)21(30)24-10-18(26)23-12-20(28)29/h3-9,22H,10-12H2,1-2H3,(H,23,26)(H,24,30)(H,25,27)(H,28,29). The Balaban J connectivity index is 1.79. The molecular weight excluding hydrogens is 388 g/mol. The minimum Gasteiger partial charge on any atom is -0.480 e. The van der Waals surface area contributed by atoms with Crippen molar-refractivity contribution in [3.63, 3.8) is 0 Å². The maximum atomic E-state index is 12.1. The summed E-state index contributed by atoms with van der Waals surface area (Å²) in [5, 5.41) is 18.8. The number of anilines is 2. The van der Waals surface area contributed by atoms with Gasteiger partial charge in [0, 0.05) is 16.9 Å². The van der Waals surface area contributed by atoms with Crippen molar-refractivity contribution in [1.82, 2.24) is 10.6 Å². The lowest BCUT2D eigenvalue weighted by Crippen LogP contribution is -2.39. The second kappa shape index (κ2) is 10.6. The maximum absolute atomic E-state index is 12.1. The first-order chi connectivity index (χ1) is 14.2. The molecule has 0 atom stereocenters. The Hall–Kier alpha value is -3.88. The summed E-state index contributed by atoms with van der Waals surface area (Å²) < 4.78 is 0. The number of carbonyl (C=O) groups excluding carboxylic acids is 3. The maximum Gasteiger partial charge on any atom is 0.322 e. The Bertz CT molecular complexity index is 941. The average molecular weight is 412 g/mol. The van der Waals surface area contributed by atoms with E-state index in [4.69, 9.17) is 5.11 Å². The van der Waals surface area contributed by atoms with Gasteiger partial charge >= 0.3 is 5.97 Å². The first-order valence-corrected chi connectivity index (χ1v) is 9.22. The Labute approximate surface area is 173 Å². The largest absolute Gasteiger partial charge is 0.480 e. The molecule has 5 N–H and O–H groups in total. The van der Waals surface area contributed by atoms with Gasteiger partial charge in [0.1, 0.15) is 6.54 Å². The summed E-state index contributed by atoms with van der Waals surface area (Å²) in [7, 11) is 0. The van der Waals surface area contributed by atoms with Gasteiger partial charge in [0.15, 0.2) is 0 Å². The van der Waals surface area contributed by atoms with Crippen LogP contribution >= 0.6 is 0 Å². The molecule has 9 heteroatoms. The Morgan fingerprint density at radius 2 is 1.43 bits per heavy atom. The molecule has 2 aromatic carbocycles. The molecule has 0 saturated carbocycles. The van der Waals surface area contributed by atoms with Gasteiger partial charge in [-0.2, -0.15) is 0 Å². The van der Waals surface area contributed by atoms with E-state index >= 15 is 0 Å². The highest BCUT2D eigenvalue weighted by Crippen LogP contribution is 2.14. The van der Waals surface area contributed by atoms with Crippen molar-refractivity contribution in [1.29, 1.82) is 0 Å². The molecule has 0 saturated heterocycles. The van der Waals surface area contributed by atoms with Crippen LogP contribution < -0.4 is 21.3 Å². The Kier molecular flexibility index (Phi) is 7.92. The van der Waals surface area contributed by atoms with E-state index in [-0.39, 0.29) is 19.0 Å². The summed E-state index contributed by atoms with van der Waals surface area (Å²) in [6, 6.07) is 12.0.